The van der Waals surface area contributed by atoms with Gasteiger partial charge in [-0.15, -0.1) is 0 Å². The summed E-state index contributed by atoms with van der Waals surface area (Å²) in [6, 6.07) is 6.24. The standard InChI is InChI=1S/C15H20ClN3O/c1-3-7-19-14-11(16)5-4-6-12(14)18-15(19)10-8-20-9-13(10)17-2/h4-6,10,13,17H,3,7-9H2,1-2H3. The third-order valence-corrected chi connectivity index (χ3v) is 4.28. The Bertz CT molecular complexity index is 610. The quantitative estimate of drug-likeness (QED) is 0.942. The maximum atomic E-state index is 6.38. The van der Waals surface area contributed by atoms with Gasteiger partial charge in [-0.25, -0.2) is 4.98 Å². The molecule has 1 saturated heterocycles. The van der Waals surface area contributed by atoms with Gasteiger partial charge in [-0.3, -0.25) is 0 Å². The second kappa shape index (κ2) is 5.72. The van der Waals surface area contributed by atoms with Crippen LogP contribution in [0.2, 0.25) is 5.02 Å². The van der Waals surface area contributed by atoms with Crippen molar-refractivity contribution in [2.45, 2.75) is 31.8 Å². The third kappa shape index (κ3) is 2.22. The Morgan fingerprint density at radius 1 is 1.45 bits per heavy atom. The highest BCUT2D eigenvalue weighted by Crippen LogP contribution is 2.31. The summed E-state index contributed by atoms with van der Waals surface area (Å²) < 4.78 is 7.89. The minimum Gasteiger partial charge on any atom is -0.379 e. The van der Waals surface area contributed by atoms with E-state index >= 15 is 0 Å². The minimum absolute atomic E-state index is 0.287. The van der Waals surface area contributed by atoms with Crippen LogP contribution in [-0.4, -0.2) is 35.9 Å². The van der Waals surface area contributed by atoms with Gasteiger partial charge in [0, 0.05) is 12.6 Å². The van der Waals surface area contributed by atoms with Gasteiger partial charge in [-0.2, -0.15) is 0 Å². The monoisotopic (exact) mass is 293 g/mol. The van der Waals surface area contributed by atoms with Crippen molar-refractivity contribution in [1.82, 2.24) is 14.9 Å². The van der Waals surface area contributed by atoms with E-state index in [2.05, 4.69) is 16.8 Å². The topological polar surface area (TPSA) is 39.1 Å². The van der Waals surface area contributed by atoms with Crippen LogP contribution in [0.1, 0.15) is 25.1 Å². The molecule has 2 heterocycles. The third-order valence-electron chi connectivity index (χ3n) is 3.98. The predicted octanol–water partition coefficient (Wildman–Crippen LogP) is 2.80. The molecule has 1 fully saturated rings. The number of aryl methyl sites for hydroxylation is 1. The SMILES string of the molecule is CCCn1c(C2COCC2NC)nc2cccc(Cl)c21. The van der Waals surface area contributed by atoms with Gasteiger partial charge in [-0.1, -0.05) is 24.6 Å². The van der Waals surface area contributed by atoms with E-state index in [1.807, 2.05) is 25.2 Å². The first-order valence-corrected chi connectivity index (χ1v) is 7.53. The molecule has 5 heteroatoms. The molecule has 4 nitrogen and oxygen atoms in total. The summed E-state index contributed by atoms with van der Waals surface area (Å²) in [6.45, 7) is 4.57. The molecule has 1 aliphatic rings. The Morgan fingerprint density at radius 2 is 2.30 bits per heavy atom. The lowest BCUT2D eigenvalue weighted by atomic mass is 10.0. The zero-order valence-electron chi connectivity index (χ0n) is 11.9. The van der Waals surface area contributed by atoms with Gasteiger partial charge in [0.2, 0.25) is 0 Å². The second-order valence-electron chi connectivity index (χ2n) is 5.27. The molecule has 1 aromatic carbocycles. The van der Waals surface area contributed by atoms with E-state index < -0.39 is 0 Å². The molecule has 3 rings (SSSR count). The fourth-order valence-corrected chi connectivity index (χ4v) is 3.26. The number of hydrogen-bond acceptors (Lipinski definition) is 3. The number of nitrogens with one attached hydrogen (secondary N) is 1. The smallest absolute Gasteiger partial charge is 0.117 e. The largest absolute Gasteiger partial charge is 0.379 e. The number of rotatable bonds is 4. The van der Waals surface area contributed by atoms with E-state index in [4.69, 9.17) is 21.3 Å². The van der Waals surface area contributed by atoms with Crippen LogP contribution in [0.25, 0.3) is 11.0 Å². The Hall–Kier alpha value is -1.10. The highest BCUT2D eigenvalue weighted by atomic mass is 35.5. The van der Waals surface area contributed by atoms with Crippen LogP contribution in [0.3, 0.4) is 0 Å². The lowest BCUT2D eigenvalue weighted by molar-refractivity contribution is 0.187. The lowest BCUT2D eigenvalue weighted by Crippen LogP contribution is -2.32. The molecule has 1 aliphatic heterocycles. The summed E-state index contributed by atoms with van der Waals surface area (Å²) in [5, 5.41) is 4.10. The minimum atomic E-state index is 0.287. The first-order valence-electron chi connectivity index (χ1n) is 7.16. The maximum absolute atomic E-state index is 6.38. The molecule has 0 bridgehead atoms. The van der Waals surface area contributed by atoms with Gasteiger partial charge in [-0.05, 0) is 25.6 Å². The number of benzene rings is 1. The number of fused-ring (bicyclic) bond motifs is 1. The van der Waals surface area contributed by atoms with Gasteiger partial charge < -0.3 is 14.6 Å². The number of aromatic nitrogens is 2. The van der Waals surface area contributed by atoms with Crippen LogP contribution in [0.15, 0.2) is 18.2 Å². The summed E-state index contributed by atoms with van der Waals surface area (Å²) in [5.41, 5.74) is 2.02. The zero-order chi connectivity index (χ0) is 14.1. The van der Waals surface area contributed by atoms with E-state index in [0.29, 0.717) is 6.04 Å². The van der Waals surface area contributed by atoms with E-state index in [0.717, 1.165) is 48.1 Å². The summed E-state index contributed by atoms with van der Waals surface area (Å²) in [6.07, 6.45) is 1.06. The van der Waals surface area contributed by atoms with Crippen LogP contribution >= 0.6 is 11.6 Å². The molecular formula is C15H20ClN3O. The lowest BCUT2D eigenvalue weighted by Gasteiger charge is -2.18. The molecule has 20 heavy (non-hydrogen) atoms. The number of hydrogen-bond donors (Lipinski definition) is 1. The normalized spacial score (nSPS) is 22.8. The molecule has 2 aromatic rings. The molecule has 2 atom stereocenters. The van der Waals surface area contributed by atoms with E-state index in [9.17, 15) is 0 Å². The van der Waals surface area contributed by atoms with Gasteiger partial charge in [0.15, 0.2) is 0 Å². The van der Waals surface area contributed by atoms with E-state index in [-0.39, 0.29) is 5.92 Å². The van der Waals surface area contributed by atoms with Gasteiger partial charge >= 0.3 is 0 Å². The average molecular weight is 294 g/mol. The molecule has 1 aromatic heterocycles. The summed E-state index contributed by atoms with van der Waals surface area (Å²) >= 11 is 6.38. The molecule has 2 unspecified atom stereocenters. The predicted molar refractivity (Wildman–Crippen MR) is 81.4 cm³/mol. The first-order chi connectivity index (χ1) is 9.76. The van der Waals surface area contributed by atoms with Crippen molar-refractivity contribution in [3.8, 4) is 0 Å². The van der Waals surface area contributed by atoms with Crippen LogP contribution in [-0.2, 0) is 11.3 Å². The Labute approximate surface area is 124 Å². The van der Waals surface area contributed by atoms with Gasteiger partial charge in [0.05, 0.1) is 35.2 Å². The van der Waals surface area contributed by atoms with Crippen molar-refractivity contribution in [2.24, 2.45) is 0 Å². The van der Waals surface area contributed by atoms with Crippen LogP contribution in [0.5, 0.6) is 0 Å². The fraction of sp³-hybridized carbons (Fsp3) is 0.533. The van der Waals surface area contributed by atoms with Crippen molar-refractivity contribution < 1.29 is 4.74 Å². The van der Waals surface area contributed by atoms with Crippen LogP contribution in [0, 0.1) is 0 Å². The van der Waals surface area contributed by atoms with Gasteiger partial charge in [0.1, 0.15) is 5.82 Å². The number of nitrogens with zero attached hydrogens (tertiary/aromatic N) is 2. The highest BCUT2D eigenvalue weighted by Gasteiger charge is 2.32. The number of likely N-dealkylation sites (N-methyl/N-ethyl adjacent to an activating group) is 1. The summed E-state index contributed by atoms with van der Waals surface area (Å²) in [5.74, 6) is 1.38. The number of imidazole rings is 1. The molecular weight excluding hydrogens is 274 g/mol. The molecule has 1 N–H and O–H groups in total. The molecule has 0 amide bonds. The van der Waals surface area contributed by atoms with Crippen LogP contribution < -0.4 is 5.32 Å². The van der Waals surface area contributed by atoms with Gasteiger partial charge in [0.25, 0.3) is 0 Å². The van der Waals surface area contributed by atoms with Crippen molar-refractivity contribution in [2.75, 3.05) is 20.3 Å². The molecule has 0 saturated carbocycles. The number of ether oxygens (including phenoxy) is 1. The Balaban J connectivity index is 2.14. The summed E-state index contributed by atoms with van der Waals surface area (Å²) in [7, 11) is 1.98. The van der Waals surface area contributed by atoms with Crippen molar-refractivity contribution in [1.29, 1.82) is 0 Å². The number of halogens is 1. The molecule has 0 aliphatic carbocycles. The first kappa shape index (κ1) is 13.9. The zero-order valence-corrected chi connectivity index (χ0v) is 12.7. The second-order valence-corrected chi connectivity index (χ2v) is 5.68. The van der Waals surface area contributed by atoms with Crippen LogP contribution in [0.4, 0.5) is 0 Å². The Kier molecular flexibility index (Phi) is 3.96. The fourth-order valence-electron chi connectivity index (χ4n) is 2.99. The van der Waals surface area contributed by atoms with Crippen molar-refractivity contribution >= 4 is 22.6 Å². The van der Waals surface area contributed by atoms with Crippen molar-refractivity contribution in [3.63, 3.8) is 0 Å². The average Bonchev–Trinajstić information content (AvgIpc) is 3.04. The Morgan fingerprint density at radius 3 is 3.05 bits per heavy atom. The van der Waals surface area contributed by atoms with Crippen molar-refractivity contribution in [3.05, 3.63) is 29.0 Å². The molecule has 0 radical (unpaired) electrons. The number of para-hydroxylation sites is 1. The van der Waals surface area contributed by atoms with E-state index in [1.165, 1.54) is 0 Å². The molecule has 108 valence electrons. The van der Waals surface area contributed by atoms with E-state index in [1.54, 1.807) is 0 Å². The summed E-state index contributed by atoms with van der Waals surface area (Å²) in [4.78, 5) is 4.83. The highest BCUT2D eigenvalue weighted by molar-refractivity contribution is 6.35. The maximum Gasteiger partial charge on any atom is 0.117 e. The molecule has 0 spiro atoms.